The Bertz CT molecular complexity index is 534. The number of hydrogen-bond acceptors (Lipinski definition) is 4. The SMILES string of the molecule is Cc1ccc(CNc2ccc(C(F)(F)F)nn2)cn1. The van der Waals surface area contributed by atoms with Crippen molar-refractivity contribution in [1.82, 2.24) is 15.2 Å². The van der Waals surface area contributed by atoms with Crippen molar-refractivity contribution < 1.29 is 13.2 Å². The second-order valence-corrected chi connectivity index (χ2v) is 3.96. The molecule has 0 unspecified atom stereocenters. The van der Waals surface area contributed by atoms with Gasteiger partial charge in [0.2, 0.25) is 0 Å². The zero-order valence-corrected chi connectivity index (χ0v) is 10.1. The number of rotatable bonds is 3. The lowest BCUT2D eigenvalue weighted by Gasteiger charge is -2.07. The second kappa shape index (κ2) is 5.21. The monoisotopic (exact) mass is 268 g/mol. The smallest absolute Gasteiger partial charge is 0.364 e. The molecule has 19 heavy (non-hydrogen) atoms. The highest BCUT2D eigenvalue weighted by Crippen LogP contribution is 2.27. The Kier molecular flexibility index (Phi) is 3.64. The van der Waals surface area contributed by atoms with E-state index in [-0.39, 0.29) is 5.82 Å². The number of halogens is 3. The molecule has 0 aliphatic carbocycles. The summed E-state index contributed by atoms with van der Waals surface area (Å²) in [6.45, 7) is 2.30. The number of aromatic nitrogens is 3. The summed E-state index contributed by atoms with van der Waals surface area (Å²) in [5.41, 5.74) is 0.806. The zero-order chi connectivity index (χ0) is 13.9. The molecule has 0 saturated carbocycles. The second-order valence-electron chi connectivity index (χ2n) is 3.96. The Morgan fingerprint density at radius 3 is 2.42 bits per heavy atom. The van der Waals surface area contributed by atoms with E-state index in [1.54, 1.807) is 6.20 Å². The third kappa shape index (κ3) is 3.64. The van der Waals surface area contributed by atoms with Crippen molar-refractivity contribution in [1.29, 1.82) is 0 Å². The van der Waals surface area contributed by atoms with Crippen LogP contribution >= 0.6 is 0 Å². The van der Waals surface area contributed by atoms with Crippen LogP contribution in [0, 0.1) is 6.92 Å². The summed E-state index contributed by atoms with van der Waals surface area (Å²) in [6.07, 6.45) is -2.77. The van der Waals surface area contributed by atoms with E-state index in [4.69, 9.17) is 0 Å². The molecule has 0 fully saturated rings. The van der Waals surface area contributed by atoms with Crippen molar-refractivity contribution in [2.75, 3.05) is 5.32 Å². The molecule has 2 heterocycles. The van der Waals surface area contributed by atoms with E-state index in [9.17, 15) is 13.2 Å². The minimum Gasteiger partial charge on any atom is -0.364 e. The van der Waals surface area contributed by atoms with Crippen LogP contribution in [0.3, 0.4) is 0 Å². The number of pyridine rings is 1. The number of nitrogens with zero attached hydrogens (tertiary/aromatic N) is 3. The fourth-order valence-corrected chi connectivity index (χ4v) is 1.37. The van der Waals surface area contributed by atoms with Crippen LogP contribution in [0.15, 0.2) is 30.5 Å². The molecular weight excluding hydrogens is 257 g/mol. The maximum absolute atomic E-state index is 12.3. The molecule has 0 radical (unpaired) electrons. The number of nitrogens with one attached hydrogen (secondary N) is 1. The molecule has 0 aliphatic rings. The maximum Gasteiger partial charge on any atom is 0.435 e. The molecule has 100 valence electrons. The van der Waals surface area contributed by atoms with Gasteiger partial charge in [0.05, 0.1) is 0 Å². The van der Waals surface area contributed by atoms with Crippen LogP contribution in [0.5, 0.6) is 0 Å². The minimum atomic E-state index is -4.47. The summed E-state index contributed by atoms with van der Waals surface area (Å²) in [6, 6.07) is 5.88. The standard InChI is InChI=1S/C12H11F3N4/c1-8-2-3-9(6-16-8)7-17-11-5-4-10(18-19-11)12(13,14)15/h2-6H,7H2,1H3,(H,17,19). The van der Waals surface area contributed by atoms with Crippen LogP contribution in [-0.4, -0.2) is 15.2 Å². The first-order chi connectivity index (χ1) is 8.95. The summed E-state index contributed by atoms with van der Waals surface area (Å²) in [7, 11) is 0. The van der Waals surface area contributed by atoms with E-state index >= 15 is 0 Å². The lowest BCUT2D eigenvalue weighted by Crippen LogP contribution is -2.10. The first-order valence-corrected chi connectivity index (χ1v) is 5.51. The molecule has 4 nitrogen and oxygen atoms in total. The molecule has 0 spiro atoms. The van der Waals surface area contributed by atoms with Crippen molar-refractivity contribution in [3.63, 3.8) is 0 Å². The summed E-state index contributed by atoms with van der Waals surface area (Å²) in [5.74, 6) is 0.286. The lowest BCUT2D eigenvalue weighted by molar-refractivity contribution is -0.141. The van der Waals surface area contributed by atoms with Gasteiger partial charge in [-0.1, -0.05) is 6.07 Å². The third-order valence-corrected chi connectivity index (χ3v) is 2.40. The molecule has 0 amide bonds. The molecule has 0 atom stereocenters. The quantitative estimate of drug-likeness (QED) is 0.930. The Hall–Kier alpha value is -2.18. The van der Waals surface area contributed by atoms with Gasteiger partial charge in [-0.25, -0.2) is 0 Å². The molecule has 0 bridgehead atoms. The predicted octanol–water partition coefficient (Wildman–Crippen LogP) is 2.81. The van der Waals surface area contributed by atoms with Crippen molar-refractivity contribution in [3.8, 4) is 0 Å². The number of aryl methyl sites for hydroxylation is 1. The van der Waals surface area contributed by atoms with Crippen LogP contribution in [-0.2, 0) is 12.7 Å². The Balaban J connectivity index is 1.98. The molecule has 2 aromatic heterocycles. The number of anilines is 1. The highest BCUT2D eigenvalue weighted by atomic mass is 19.4. The van der Waals surface area contributed by atoms with Gasteiger partial charge in [0, 0.05) is 18.4 Å². The van der Waals surface area contributed by atoms with E-state index in [0.29, 0.717) is 6.54 Å². The van der Waals surface area contributed by atoms with Gasteiger partial charge in [-0.15, -0.1) is 10.2 Å². The summed E-state index contributed by atoms with van der Waals surface area (Å²) >= 11 is 0. The first kappa shape index (κ1) is 13.3. The van der Waals surface area contributed by atoms with Crippen LogP contribution in [0.1, 0.15) is 17.0 Å². The van der Waals surface area contributed by atoms with Gasteiger partial charge >= 0.3 is 6.18 Å². The summed E-state index contributed by atoms with van der Waals surface area (Å²) in [5, 5.41) is 9.48. The molecular formula is C12H11F3N4. The van der Waals surface area contributed by atoms with Gasteiger partial charge in [-0.3, -0.25) is 4.98 Å². The highest BCUT2D eigenvalue weighted by molar-refractivity contribution is 5.34. The Morgan fingerprint density at radius 2 is 1.89 bits per heavy atom. The van der Waals surface area contributed by atoms with Crippen LogP contribution in [0.25, 0.3) is 0 Å². The Labute approximate surface area is 107 Å². The topological polar surface area (TPSA) is 50.7 Å². The average Bonchev–Trinajstić information content (AvgIpc) is 2.37. The van der Waals surface area contributed by atoms with E-state index in [1.807, 2.05) is 19.1 Å². The molecule has 2 rings (SSSR count). The average molecular weight is 268 g/mol. The Morgan fingerprint density at radius 1 is 1.11 bits per heavy atom. The molecule has 0 saturated heterocycles. The lowest BCUT2D eigenvalue weighted by atomic mass is 10.2. The molecule has 1 N–H and O–H groups in total. The number of hydrogen-bond donors (Lipinski definition) is 1. The van der Waals surface area contributed by atoms with Crippen molar-refractivity contribution in [2.45, 2.75) is 19.6 Å². The van der Waals surface area contributed by atoms with E-state index < -0.39 is 11.9 Å². The van der Waals surface area contributed by atoms with Crippen LogP contribution in [0.2, 0.25) is 0 Å². The molecule has 7 heteroatoms. The van der Waals surface area contributed by atoms with E-state index in [0.717, 1.165) is 17.3 Å². The zero-order valence-electron chi connectivity index (χ0n) is 10.1. The molecule has 2 aromatic rings. The van der Waals surface area contributed by atoms with Crippen LogP contribution < -0.4 is 5.32 Å². The van der Waals surface area contributed by atoms with Gasteiger partial charge in [-0.05, 0) is 30.7 Å². The normalized spacial score (nSPS) is 11.4. The molecule has 0 aromatic carbocycles. The first-order valence-electron chi connectivity index (χ1n) is 5.51. The fraction of sp³-hybridized carbons (Fsp3) is 0.250. The molecule has 0 aliphatic heterocycles. The minimum absolute atomic E-state index is 0.286. The van der Waals surface area contributed by atoms with Gasteiger partial charge in [0.1, 0.15) is 5.82 Å². The van der Waals surface area contributed by atoms with Gasteiger partial charge in [-0.2, -0.15) is 13.2 Å². The van der Waals surface area contributed by atoms with Crippen LogP contribution in [0.4, 0.5) is 19.0 Å². The van der Waals surface area contributed by atoms with Crippen molar-refractivity contribution in [2.24, 2.45) is 0 Å². The predicted molar refractivity (Wildman–Crippen MR) is 63.3 cm³/mol. The fourth-order valence-electron chi connectivity index (χ4n) is 1.37. The highest BCUT2D eigenvalue weighted by Gasteiger charge is 2.32. The summed E-state index contributed by atoms with van der Waals surface area (Å²) < 4.78 is 36.8. The van der Waals surface area contributed by atoms with Crippen molar-refractivity contribution in [3.05, 3.63) is 47.4 Å². The van der Waals surface area contributed by atoms with E-state index in [2.05, 4.69) is 20.5 Å². The summed E-state index contributed by atoms with van der Waals surface area (Å²) in [4.78, 5) is 4.11. The van der Waals surface area contributed by atoms with Crippen molar-refractivity contribution >= 4 is 5.82 Å². The third-order valence-electron chi connectivity index (χ3n) is 2.40. The maximum atomic E-state index is 12.3. The number of alkyl halides is 3. The van der Waals surface area contributed by atoms with E-state index in [1.165, 1.54) is 6.07 Å². The van der Waals surface area contributed by atoms with Gasteiger partial charge in [0.15, 0.2) is 5.69 Å². The largest absolute Gasteiger partial charge is 0.435 e. The van der Waals surface area contributed by atoms with Gasteiger partial charge in [0.25, 0.3) is 0 Å². The van der Waals surface area contributed by atoms with Gasteiger partial charge < -0.3 is 5.32 Å².